The number of esters is 2. The molecule has 1 aliphatic heterocycles. The lowest BCUT2D eigenvalue weighted by Gasteiger charge is -2.43. The largest absolute Gasteiger partial charge is 0.463 e. The molecule has 21 heavy (non-hydrogen) atoms. The van der Waals surface area contributed by atoms with Crippen LogP contribution >= 0.6 is 0 Å². The van der Waals surface area contributed by atoms with E-state index in [1.54, 1.807) is 6.92 Å². The van der Waals surface area contributed by atoms with Crippen molar-refractivity contribution in [1.29, 1.82) is 0 Å². The number of ether oxygens (including phenoxy) is 3. The van der Waals surface area contributed by atoms with Gasteiger partial charge in [0.25, 0.3) is 0 Å². The van der Waals surface area contributed by atoms with Crippen molar-refractivity contribution in [2.45, 2.75) is 52.2 Å². The quantitative estimate of drug-likeness (QED) is 0.663. The first-order chi connectivity index (χ1) is 9.72. The number of hydrogen-bond acceptors (Lipinski definition) is 7. The Morgan fingerprint density at radius 3 is 2.29 bits per heavy atom. The lowest BCUT2D eigenvalue weighted by molar-refractivity contribution is -0.243. The maximum Gasteiger partial charge on any atom is 0.302 e. The van der Waals surface area contributed by atoms with E-state index in [4.69, 9.17) is 14.2 Å². The topological polar surface area (TPSA) is 111 Å². The monoisotopic (exact) mass is 303 g/mol. The van der Waals surface area contributed by atoms with E-state index in [2.05, 4.69) is 5.32 Å². The second-order valence-corrected chi connectivity index (χ2v) is 5.03. The van der Waals surface area contributed by atoms with Crippen LogP contribution in [0.15, 0.2) is 0 Å². The minimum Gasteiger partial charge on any atom is -0.463 e. The number of rotatable bonds is 4. The predicted octanol–water partition coefficient (Wildman–Crippen LogP) is -0.661. The Balaban J connectivity index is 2.87. The molecular formula is C13H21NO7. The molecule has 1 saturated heterocycles. The van der Waals surface area contributed by atoms with Gasteiger partial charge >= 0.3 is 11.9 Å². The molecule has 0 aromatic carbocycles. The Morgan fingerprint density at radius 1 is 1.19 bits per heavy atom. The van der Waals surface area contributed by atoms with Gasteiger partial charge in [-0.05, 0) is 0 Å². The van der Waals surface area contributed by atoms with Crippen molar-refractivity contribution in [2.24, 2.45) is 5.92 Å². The zero-order chi connectivity index (χ0) is 16.2. The van der Waals surface area contributed by atoms with E-state index >= 15 is 0 Å². The predicted molar refractivity (Wildman–Crippen MR) is 69.8 cm³/mol. The van der Waals surface area contributed by atoms with Crippen LogP contribution in [0.4, 0.5) is 0 Å². The third-order valence-electron chi connectivity index (χ3n) is 3.20. The van der Waals surface area contributed by atoms with Gasteiger partial charge in [-0.3, -0.25) is 14.4 Å². The summed E-state index contributed by atoms with van der Waals surface area (Å²) in [5.74, 6) is -1.78. The summed E-state index contributed by atoms with van der Waals surface area (Å²) in [5.41, 5.74) is 0. The zero-order valence-corrected chi connectivity index (χ0v) is 12.5. The highest BCUT2D eigenvalue weighted by molar-refractivity contribution is 5.73. The molecule has 0 spiro atoms. The number of amides is 1. The summed E-state index contributed by atoms with van der Waals surface area (Å²) in [7, 11) is 0. The smallest absolute Gasteiger partial charge is 0.302 e. The number of carbonyl (C=O) groups is 3. The highest BCUT2D eigenvalue weighted by atomic mass is 16.6. The van der Waals surface area contributed by atoms with Gasteiger partial charge in [0.05, 0.1) is 0 Å². The van der Waals surface area contributed by atoms with Crippen LogP contribution in [-0.2, 0) is 28.6 Å². The van der Waals surface area contributed by atoms with E-state index in [9.17, 15) is 19.5 Å². The SMILES string of the molecule is CC(=O)N[C@H]1C(O)O[C@H](COC(C)=O)[C@H](C)[C@@H]1OC(C)=O. The van der Waals surface area contributed by atoms with Gasteiger partial charge in [-0.15, -0.1) is 0 Å². The number of aliphatic hydroxyl groups is 1. The molecule has 0 aliphatic carbocycles. The molecule has 120 valence electrons. The zero-order valence-electron chi connectivity index (χ0n) is 12.5. The summed E-state index contributed by atoms with van der Waals surface area (Å²) < 4.78 is 15.4. The van der Waals surface area contributed by atoms with Gasteiger partial charge < -0.3 is 24.6 Å². The van der Waals surface area contributed by atoms with Gasteiger partial charge in [-0.1, -0.05) is 6.92 Å². The molecule has 5 atom stereocenters. The van der Waals surface area contributed by atoms with Gasteiger partial charge in [0.15, 0.2) is 6.29 Å². The fourth-order valence-electron chi connectivity index (χ4n) is 2.24. The lowest BCUT2D eigenvalue weighted by atomic mass is 9.89. The molecule has 8 heteroatoms. The van der Waals surface area contributed by atoms with Gasteiger partial charge in [-0.2, -0.15) is 0 Å². The van der Waals surface area contributed by atoms with Crippen molar-refractivity contribution < 1.29 is 33.7 Å². The van der Waals surface area contributed by atoms with Crippen LogP contribution in [-0.4, -0.2) is 54.1 Å². The first-order valence-electron chi connectivity index (χ1n) is 6.63. The molecule has 1 rings (SSSR count). The van der Waals surface area contributed by atoms with Crippen molar-refractivity contribution >= 4 is 17.8 Å². The number of hydrogen-bond donors (Lipinski definition) is 2. The molecule has 0 aromatic heterocycles. The molecule has 1 aliphatic rings. The van der Waals surface area contributed by atoms with Gasteiger partial charge in [0.2, 0.25) is 5.91 Å². The first-order valence-corrected chi connectivity index (χ1v) is 6.63. The number of carbonyl (C=O) groups excluding carboxylic acids is 3. The molecule has 2 N–H and O–H groups in total. The van der Waals surface area contributed by atoms with E-state index in [-0.39, 0.29) is 18.4 Å². The molecule has 1 amide bonds. The van der Waals surface area contributed by atoms with Gasteiger partial charge in [-0.25, -0.2) is 0 Å². The molecular weight excluding hydrogens is 282 g/mol. The van der Waals surface area contributed by atoms with Crippen molar-refractivity contribution in [2.75, 3.05) is 6.61 Å². The summed E-state index contributed by atoms with van der Waals surface area (Å²) in [6, 6.07) is -0.880. The second kappa shape index (κ2) is 7.37. The van der Waals surface area contributed by atoms with Crippen LogP contribution in [0.3, 0.4) is 0 Å². The van der Waals surface area contributed by atoms with E-state index < -0.39 is 36.5 Å². The third-order valence-corrected chi connectivity index (χ3v) is 3.20. The minimum absolute atomic E-state index is 0.0713. The van der Waals surface area contributed by atoms with Crippen LogP contribution in [0, 0.1) is 5.92 Å². The van der Waals surface area contributed by atoms with Crippen LogP contribution in [0.1, 0.15) is 27.7 Å². The molecule has 1 unspecified atom stereocenters. The highest BCUT2D eigenvalue weighted by Gasteiger charge is 2.46. The number of aliphatic hydroxyl groups excluding tert-OH is 1. The van der Waals surface area contributed by atoms with Crippen LogP contribution < -0.4 is 5.32 Å². The highest BCUT2D eigenvalue weighted by Crippen LogP contribution is 2.28. The van der Waals surface area contributed by atoms with Crippen LogP contribution in [0.25, 0.3) is 0 Å². The van der Waals surface area contributed by atoms with Crippen LogP contribution in [0.5, 0.6) is 0 Å². The molecule has 0 radical (unpaired) electrons. The third kappa shape index (κ3) is 4.98. The van der Waals surface area contributed by atoms with Crippen molar-refractivity contribution in [1.82, 2.24) is 5.32 Å². The average molecular weight is 303 g/mol. The minimum atomic E-state index is -1.37. The van der Waals surface area contributed by atoms with Crippen molar-refractivity contribution in [3.05, 3.63) is 0 Å². The summed E-state index contributed by atoms with van der Waals surface area (Å²) in [5, 5.41) is 12.5. The summed E-state index contributed by atoms with van der Waals surface area (Å²) >= 11 is 0. The molecule has 1 heterocycles. The fourth-order valence-corrected chi connectivity index (χ4v) is 2.24. The molecule has 0 saturated carbocycles. The van der Waals surface area contributed by atoms with Crippen LogP contribution in [0.2, 0.25) is 0 Å². The Morgan fingerprint density at radius 2 is 1.81 bits per heavy atom. The lowest BCUT2D eigenvalue weighted by Crippen LogP contribution is -2.62. The van der Waals surface area contributed by atoms with E-state index in [0.29, 0.717) is 0 Å². The van der Waals surface area contributed by atoms with E-state index in [0.717, 1.165) is 0 Å². The molecule has 1 fully saturated rings. The maximum atomic E-state index is 11.2. The molecule has 8 nitrogen and oxygen atoms in total. The van der Waals surface area contributed by atoms with Gasteiger partial charge in [0, 0.05) is 26.7 Å². The Labute approximate surface area is 122 Å². The molecule has 0 bridgehead atoms. The normalized spacial score (nSPS) is 32.1. The standard InChI is InChI=1S/C13H21NO7/c1-6-10(5-19-8(3)16)21-13(18)11(14-7(2)15)12(6)20-9(4)17/h6,10-13,18H,5H2,1-4H3,(H,14,15)/t6-,10+,11+,12-,13?/m0/s1. The Bertz CT molecular complexity index is 411. The van der Waals surface area contributed by atoms with E-state index in [1.807, 2.05) is 0 Å². The van der Waals surface area contributed by atoms with Gasteiger partial charge in [0.1, 0.15) is 24.9 Å². The average Bonchev–Trinajstić information content (AvgIpc) is 2.35. The molecule has 0 aromatic rings. The summed E-state index contributed by atoms with van der Waals surface area (Å²) in [4.78, 5) is 33.3. The summed E-state index contributed by atoms with van der Waals surface area (Å²) in [6.07, 6.45) is -2.79. The maximum absolute atomic E-state index is 11.2. The Hall–Kier alpha value is -1.67. The van der Waals surface area contributed by atoms with Crippen molar-refractivity contribution in [3.63, 3.8) is 0 Å². The summed E-state index contributed by atoms with van der Waals surface area (Å²) in [6.45, 7) is 5.43. The second-order valence-electron chi connectivity index (χ2n) is 5.03. The number of nitrogens with one attached hydrogen (secondary N) is 1. The Kier molecular flexibility index (Phi) is 6.10. The van der Waals surface area contributed by atoms with Crippen molar-refractivity contribution in [3.8, 4) is 0 Å². The fraction of sp³-hybridized carbons (Fsp3) is 0.769. The van der Waals surface area contributed by atoms with E-state index in [1.165, 1.54) is 20.8 Å². The first kappa shape index (κ1) is 17.4.